The van der Waals surface area contributed by atoms with Crippen LogP contribution in [0.5, 0.6) is 0 Å². The Kier molecular flexibility index (Phi) is 10.3. The monoisotopic (exact) mass is 365 g/mol. The van der Waals surface area contributed by atoms with E-state index in [1.165, 1.54) is 0 Å². The first-order chi connectivity index (χ1) is 9.93. The van der Waals surface area contributed by atoms with E-state index in [1.54, 1.807) is 23.9 Å². The molecule has 0 aliphatic carbocycles. The maximum Gasteiger partial charge on any atom is 0.243 e. The number of hydrogen-bond donors (Lipinski definition) is 3. The van der Waals surface area contributed by atoms with Crippen LogP contribution in [0, 0.1) is 6.92 Å². The fraction of sp³-hybridized carbons (Fsp3) is 0.429. The third-order valence-corrected chi connectivity index (χ3v) is 3.75. The number of thioether (sulfide) groups is 1. The van der Waals surface area contributed by atoms with Crippen LogP contribution in [0.15, 0.2) is 18.2 Å². The van der Waals surface area contributed by atoms with Gasteiger partial charge in [-0.1, -0.05) is 17.7 Å². The van der Waals surface area contributed by atoms with Gasteiger partial charge >= 0.3 is 0 Å². The molecule has 1 aromatic rings. The van der Waals surface area contributed by atoms with Crippen LogP contribution < -0.4 is 16.4 Å². The summed E-state index contributed by atoms with van der Waals surface area (Å²) in [5.74, 6) is 0.139. The fourth-order valence-corrected chi connectivity index (χ4v) is 2.36. The van der Waals surface area contributed by atoms with Crippen molar-refractivity contribution in [3.05, 3.63) is 28.8 Å². The van der Waals surface area contributed by atoms with Crippen LogP contribution in [-0.2, 0) is 9.59 Å². The predicted molar refractivity (Wildman–Crippen MR) is 96.1 cm³/mol. The lowest BCUT2D eigenvalue weighted by Crippen LogP contribution is -2.43. The number of hydrogen-bond acceptors (Lipinski definition) is 4. The van der Waals surface area contributed by atoms with Gasteiger partial charge in [-0.25, -0.2) is 0 Å². The Bertz CT molecular complexity index is 515. The Morgan fingerprint density at radius 3 is 2.68 bits per heavy atom. The lowest BCUT2D eigenvalue weighted by Gasteiger charge is -2.12. The zero-order chi connectivity index (χ0) is 15.8. The van der Waals surface area contributed by atoms with Crippen LogP contribution in [0.3, 0.4) is 0 Å². The van der Waals surface area contributed by atoms with E-state index in [0.717, 1.165) is 11.3 Å². The van der Waals surface area contributed by atoms with Gasteiger partial charge in [0.25, 0.3) is 0 Å². The number of rotatable bonds is 7. The van der Waals surface area contributed by atoms with Crippen LogP contribution in [0.2, 0.25) is 5.02 Å². The molecule has 2 amide bonds. The van der Waals surface area contributed by atoms with E-state index in [-0.39, 0.29) is 30.8 Å². The standard InChI is InChI=1S/C14H20ClN3O2S.ClH/c1-9-3-4-12(10(15)7-9)18-13(19)8-17-14(20)11(16)5-6-21-2;/h3-4,7,11H,5-6,8,16H2,1-2H3,(H,17,20)(H,18,19);1H/t11-;/m0./s1. The van der Waals surface area contributed by atoms with Crippen molar-refractivity contribution >= 4 is 53.3 Å². The summed E-state index contributed by atoms with van der Waals surface area (Å²) in [6.07, 6.45) is 2.53. The Morgan fingerprint density at radius 2 is 2.09 bits per heavy atom. The first kappa shape index (κ1) is 21.0. The van der Waals surface area contributed by atoms with Gasteiger partial charge in [0, 0.05) is 0 Å². The zero-order valence-electron chi connectivity index (χ0n) is 12.5. The van der Waals surface area contributed by atoms with Crippen molar-refractivity contribution in [2.24, 2.45) is 5.73 Å². The lowest BCUT2D eigenvalue weighted by molar-refractivity contribution is -0.125. The minimum atomic E-state index is -0.590. The van der Waals surface area contributed by atoms with Gasteiger partial charge in [-0.2, -0.15) is 11.8 Å². The SMILES string of the molecule is CSCC[C@H](N)C(=O)NCC(=O)Nc1ccc(C)cc1Cl.Cl. The maximum absolute atomic E-state index is 11.8. The highest BCUT2D eigenvalue weighted by molar-refractivity contribution is 7.98. The quantitative estimate of drug-likeness (QED) is 0.691. The molecule has 0 aliphatic rings. The van der Waals surface area contributed by atoms with Crippen molar-refractivity contribution in [3.63, 3.8) is 0 Å². The summed E-state index contributed by atoms with van der Waals surface area (Å²) < 4.78 is 0. The molecule has 1 atom stereocenters. The van der Waals surface area contributed by atoms with Gasteiger partial charge in [-0.3, -0.25) is 9.59 Å². The van der Waals surface area contributed by atoms with Gasteiger partial charge in [0.1, 0.15) is 0 Å². The fourth-order valence-electron chi connectivity index (χ4n) is 1.59. The van der Waals surface area contributed by atoms with Crippen molar-refractivity contribution < 1.29 is 9.59 Å². The minimum absolute atomic E-state index is 0. The Balaban J connectivity index is 0.00000441. The molecule has 0 unspecified atom stereocenters. The number of carbonyl (C=O) groups is 2. The Hall–Kier alpha value is -0.950. The predicted octanol–water partition coefficient (Wildman–Crippen LogP) is 2.21. The molecule has 5 nitrogen and oxygen atoms in total. The second-order valence-electron chi connectivity index (χ2n) is 4.64. The maximum atomic E-state index is 11.8. The van der Waals surface area contributed by atoms with Gasteiger partial charge in [-0.05, 0) is 43.0 Å². The summed E-state index contributed by atoms with van der Waals surface area (Å²) in [6.45, 7) is 1.78. The van der Waals surface area contributed by atoms with E-state index in [9.17, 15) is 9.59 Å². The molecule has 0 heterocycles. The molecule has 0 bridgehead atoms. The summed E-state index contributed by atoms with van der Waals surface area (Å²) in [5, 5.41) is 5.62. The molecule has 1 rings (SSSR count). The molecule has 0 aromatic heterocycles. The van der Waals surface area contributed by atoms with Crippen molar-refractivity contribution in [1.29, 1.82) is 0 Å². The topological polar surface area (TPSA) is 84.2 Å². The third kappa shape index (κ3) is 7.35. The summed E-state index contributed by atoms with van der Waals surface area (Å²) in [4.78, 5) is 23.4. The largest absolute Gasteiger partial charge is 0.346 e. The molecule has 1 aromatic carbocycles. The summed E-state index contributed by atoms with van der Waals surface area (Å²) in [7, 11) is 0. The van der Waals surface area contributed by atoms with Gasteiger partial charge in [0.05, 0.1) is 23.3 Å². The normalized spacial score (nSPS) is 11.3. The number of nitrogens with one attached hydrogen (secondary N) is 2. The number of nitrogens with two attached hydrogens (primary N) is 1. The van der Waals surface area contributed by atoms with Crippen molar-refractivity contribution in [3.8, 4) is 0 Å². The van der Waals surface area contributed by atoms with E-state index in [0.29, 0.717) is 17.1 Å². The number of anilines is 1. The number of halogens is 2. The second kappa shape index (κ2) is 10.7. The smallest absolute Gasteiger partial charge is 0.243 e. The van der Waals surface area contributed by atoms with Crippen LogP contribution in [0.1, 0.15) is 12.0 Å². The highest BCUT2D eigenvalue weighted by Crippen LogP contribution is 2.22. The molecule has 0 radical (unpaired) electrons. The highest BCUT2D eigenvalue weighted by atomic mass is 35.5. The molecule has 4 N–H and O–H groups in total. The van der Waals surface area contributed by atoms with Crippen molar-refractivity contribution in [1.82, 2.24) is 5.32 Å². The van der Waals surface area contributed by atoms with Gasteiger partial charge in [-0.15, -0.1) is 12.4 Å². The van der Waals surface area contributed by atoms with E-state index in [2.05, 4.69) is 10.6 Å². The average molecular weight is 366 g/mol. The Morgan fingerprint density at radius 1 is 1.41 bits per heavy atom. The van der Waals surface area contributed by atoms with Crippen molar-refractivity contribution in [2.45, 2.75) is 19.4 Å². The van der Waals surface area contributed by atoms with Crippen LogP contribution >= 0.6 is 35.8 Å². The van der Waals surface area contributed by atoms with E-state index >= 15 is 0 Å². The van der Waals surface area contributed by atoms with E-state index in [4.69, 9.17) is 17.3 Å². The summed E-state index contributed by atoms with van der Waals surface area (Å²) >= 11 is 7.64. The van der Waals surface area contributed by atoms with Gasteiger partial charge < -0.3 is 16.4 Å². The van der Waals surface area contributed by atoms with Gasteiger partial charge in [0.15, 0.2) is 0 Å². The molecule has 0 fully saturated rings. The van der Waals surface area contributed by atoms with Crippen LogP contribution in [-0.4, -0.2) is 36.4 Å². The number of aryl methyl sites for hydroxylation is 1. The molecular formula is C14H21Cl2N3O2S. The van der Waals surface area contributed by atoms with E-state index in [1.807, 2.05) is 19.2 Å². The summed E-state index contributed by atoms with van der Waals surface area (Å²) in [6, 6.07) is 4.74. The van der Waals surface area contributed by atoms with Crippen molar-refractivity contribution in [2.75, 3.05) is 23.9 Å². The van der Waals surface area contributed by atoms with Crippen LogP contribution in [0.4, 0.5) is 5.69 Å². The molecule has 124 valence electrons. The number of carbonyl (C=O) groups excluding carboxylic acids is 2. The summed E-state index contributed by atoms with van der Waals surface area (Å²) in [5.41, 5.74) is 7.23. The molecule has 0 saturated heterocycles. The first-order valence-corrected chi connectivity index (χ1v) is 8.29. The minimum Gasteiger partial charge on any atom is -0.346 e. The average Bonchev–Trinajstić information content (AvgIpc) is 2.45. The molecule has 22 heavy (non-hydrogen) atoms. The molecule has 0 saturated carbocycles. The first-order valence-electron chi connectivity index (χ1n) is 6.52. The zero-order valence-corrected chi connectivity index (χ0v) is 14.9. The molecule has 0 spiro atoms. The molecule has 8 heteroatoms. The number of amides is 2. The lowest BCUT2D eigenvalue weighted by atomic mass is 10.2. The van der Waals surface area contributed by atoms with Crippen LogP contribution in [0.25, 0.3) is 0 Å². The molecule has 0 aliphatic heterocycles. The second-order valence-corrected chi connectivity index (χ2v) is 6.03. The molecular weight excluding hydrogens is 345 g/mol. The van der Waals surface area contributed by atoms with E-state index < -0.39 is 6.04 Å². The third-order valence-electron chi connectivity index (χ3n) is 2.79. The Labute approximate surface area is 146 Å². The number of benzene rings is 1. The highest BCUT2D eigenvalue weighted by Gasteiger charge is 2.14. The van der Waals surface area contributed by atoms with Gasteiger partial charge in [0.2, 0.25) is 11.8 Å².